The number of halogens is 1. The predicted octanol–water partition coefficient (Wildman–Crippen LogP) is 3.56. The van der Waals surface area contributed by atoms with E-state index in [0.717, 1.165) is 6.54 Å². The molecule has 0 saturated heterocycles. The van der Waals surface area contributed by atoms with Crippen molar-refractivity contribution >= 4 is 0 Å². The molecule has 0 aliphatic rings. The molecule has 0 spiro atoms. The van der Waals surface area contributed by atoms with Crippen molar-refractivity contribution in [3.8, 4) is 17.2 Å². The maximum Gasteiger partial charge on any atom is 0.204 e. The smallest absolute Gasteiger partial charge is 0.204 e. The van der Waals surface area contributed by atoms with Crippen LogP contribution in [0.3, 0.4) is 0 Å². The molecule has 2 aromatic carbocycles. The highest BCUT2D eigenvalue weighted by Gasteiger charge is 2.12. The molecular weight excluding hydrogens is 257 g/mol. The largest absolute Gasteiger partial charge is 0.488 e. The monoisotopic (exact) mass is 275 g/mol. The standard InChI is InChI=1S/C16H18FNO2/c1-18(2)11-12-19-15-10-6-9-14(17)16(15)20-13-7-4-3-5-8-13/h3-10H,11-12H2,1-2H3. The number of benzene rings is 2. The molecule has 2 rings (SSSR count). The van der Waals surface area contributed by atoms with Gasteiger partial charge in [0, 0.05) is 6.54 Å². The fourth-order valence-electron chi connectivity index (χ4n) is 1.65. The van der Waals surface area contributed by atoms with E-state index in [-0.39, 0.29) is 5.75 Å². The van der Waals surface area contributed by atoms with Crippen molar-refractivity contribution < 1.29 is 13.9 Å². The molecular formula is C16H18FNO2. The first-order valence-corrected chi connectivity index (χ1v) is 6.46. The Morgan fingerprint density at radius 2 is 1.75 bits per heavy atom. The number of hydrogen-bond donors (Lipinski definition) is 0. The Hall–Kier alpha value is -2.07. The van der Waals surface area contributed by atoms with Gasteiger partial charge in [0.1, 0.15) is 12.4 Å². The first-order chi connectivity index (χ1) is 9.66. The lowest BCUT2D eigenvalue weighted by atomic mass is 10.3. The molecule has 0 heterocycles. The van der Waals surface area contributed by atoms with E-state index >= 15 is 0 Å². The number of rotatable bonds is 6. The Labute approximate surface area is 118 Å². The number of para-hydroxylation sites is 2. The molecule has 0 bridgehead atoms. The minimum absolute atomic E-state index is 0.123. The summed E-state index contributed by atoms with van der Waals surface area (Å²) in [5, 5.41) is 0. The molecule has 0 aliphatic carbocycles. The molecule has 3 nitrogen and oxygen atoms in total. The summed E-state index contributed by atoms with van der Waals surface area (Å²) in [7, 11) is 3.91. The maximum atomic E-state index is 13.9. The van der Waals surface area contributed by atoms with Gasteiger partial charge in [-0.15, -0.1) is 0 Å². The number of likely N-dealkylation sites (N-methyl/N-ethyl adjacent to an activating group) is 1. The van der Waals surface area contributed by atoms with Gasteiger partial charge in [0.05, 0.1) is 0 Å². The van der Waals surface area contributed by atoms with E-state index in [1.165, 1.54) is 6.07 Å². The number of nitrogens with zero attached hydrogens (tertiary/aromatic N) is 1. The third-order valence-corrected chi connectivity index (χ3v) is 2.69. The number of hydrogen-bond acceptors (Lipinski definition) is 3. The quantitative estimate of drug-likeness (QED) is 0.804. The average molecular weight is 275 g/mol. The van der Waals surface area contributed by atoms with E-state index < -0.39 is 5.82 Å². The minimum atomic E-state index is -0.434. The second-order valence-corrected chi connectivity index (χ2v) is 4.63. The molecule has 20 heavy (non-hydrogen) atoms. The third kappa shape index (κ3) is 3.96. The van der Waals surface area contributed by atoms with Gasteiger partial charge in [-0.2, -0.15) is 0 Å². The fraction of sp³-hybridized carbons (Fsp3) is 0.250. The van der Waals surface area contributed by atoms with Crippen LogP contribution < -0.4 is 9.47 Å². The summed E-state index contributed by atoms with van der Waals surface area (Å²) < 4.78 is 25.1. The lowest BCUT2D eigenvalue weighted by Gasteiger charge is -2.15. The molecule has 0 atom stereocenters. The van der Waals surface area contributed by atoms with Crippen LogP contribution in [0.2, 0.25) is 0 Å². The molecule has 0 aliphatic heterocycles. The van der Waals surface area contributed by atoms with Gasteiger partial charge in [-0.1, -0.05) is 24.3 Å². The van der Waals surface area contributed by atoms with E-state index in [2.05, 4.69) is 0 Å². The summed E-state index contributed by atoms with van der Waals surface area (Å²) in [4.78, 5) is 2.00. The molecule has 0 unspecified atom stereocenters. The second kappa shape index (κ2) is 6.91. The van der Waals surface area contributed by atoms with E-state index in [4.69, 9.17) is 9.47 Å². The molecule has 2 aromatic rings. The van der Waals surface area contributed by atoms with Gasteiger partial charge in [0.15, 0.2) is 11.6 Å². The Morgan fingerprint density at radius 3 is 2.45 bits per heavy atom. The molecule has 106 valence electrons. The maximum absolute atomic E-state index is 13.9. The topological polar surface area (TPSA) is 21.7 Å². The van der Waals surface area contributed by atoms with Crippen LogP contribution in [-0.4, -0.2) is 32.1 Å². The Bertz CT molecular complexity index is 543. The van der Waals surface area contributed by atoms with Crippen molar-refractivity contribution in [2.45, 2.75) is 0 Å². The van der Waals surface area contributed by atoms with Crippen molar-refractivity contribution in [2.24, 2.45) is 0 Å². The van der Waals surface area contributed by atoms with E-state index in [1.54, 1.807) is 24.3 Å². The van der Waals surface area contributed by atoms with Crippen molar-refractivity contribution in [2.75, 3.05) is 27.2 Å². The molecule has 0 radical (unpaired) electrons. The fourth-order valence-corrected chi connectivity index (χ4v) is 1.65. The van der Waals surface area contributed by atoms with Crippen LogP contribution in [0.15, 0.2) is 48.5 Å². The Balaban J connectivity index is 2.14. The highest BCUT2D eigenvalue weighted by atomic mass is 19.1. The van der Waals surface area contributed by atoms with Crippen molar-refractivity contribution in [3.05, 3.63) is 54.3 Å². The molecule has 0 aromatic heterocycles. The lowest BCUT2D eigenvalue weighted by Crippen LogP contribution is -2.19. The normalized spacial score (nSPS) is 10.6. The van der Waals surface area contributed by atoms with Crippen LogP contribution in [0, 0.1) is 5.82 Å². The molecule has 0 N–H and O–H groups in total. The molecule has 0 amide bonds. The van der Waals surface area contributed by atoms with Gasteiger partial charge in [0.25, 0.3) is 0 Å². The zero-order valence-corrected chi connectivity index (χ0v) is 11.7. The summed E-state index contributed by atoms with van der Waals surface area (Å²) >= 11 is 0. The van der Waals surface area contributed by atoms with Crippen molar-refractivity contribution in [3.63, 3.8) is 0 Å². The van der Waals surface area contributed by atoms with Crippen LogP contribution in [0.5, 0.6) is 17.2 Å². The highest BCUT2D eigenvalue weighted by Crippen LogP contribution is 2.34. The van der Waals surface area contributed by atoms with Gasteiger partial charge in [0.2, 0.25) is 5.75 Å². The molecule has 4 heteroatoms. The summed E-state index contributed by atoms with van der Waals surface area (Å²) in [6.07, 6.45) is 0. The summed E-state index contributed by atoms with van der Waals surface area (Å²) in [5.41, 5.74) is 0. The average Bonchev–Trinajstić information content (AvgIpc) is 2.43. The van der Waals surface area contributed by atoms with E-state index in [0.29, 0.717) is 18.1 Å². The van der Waals surface area contributed by atoms with Crippen LogP contribution in [-0.2, 0) is 0 Å². The SMILES string of the molecule is CN(C)CCOc1cccc(F)c1Oc1ccccc1. The van der Waals surface area contributed by atoms with Gasteiger partial charge in [-0.25, -0.2) is 4.39 Å². The summed E-state index contributed by atoms with van der Waals surface area (Å²) in [6, 6.07) is 13.8. The van der Waals surface area contributed by atoms with E-state index in [9.17, 15) is 4.39 Å². The Kier molecular flexibility index (Phi) is 4.96. The first-order valence-electron chi connectivity index (χ1n) is 6.46. The van der Waals surface area contributed by atoms with Gasteiger partial charge in [-0.05, 0) is 38.4 Å². The zero-order valence-electron chi connectivity index (χ0n) is 11.7. The van der Waals surface area contributed by atoms with E-state index in [1.807, 2.05) is 37.2 Å². The van der Waals surface area contributed by atoms with Gasteiger partial charge >= 0.3 is 0 Å². The van der Waals surface area contributed by atoms with Crippen LogP contribution >= 0.6 is 0 Å². The third-order valence-electron chi connectivity index (χ3n) is 2.69. The van der Waals surface area contributed by atoms with Gasteiger partial charge < -0.3 is 14.4 Å². The lowest BCUT2D eigenvalue weighted by molar-refractivity contribution is 0.251. The minimum Gasteiger partial charge on any atom is -0.488 e. The first kappa shape index (κ1) is 14.3. The van der Waals surface area contributed by atoms with Crippen LogP contribution in [0.1, 0.15) is 0 Å². The highest BCUT2D eigenvalue weighted by molar-refractivity contribution is 5.43. The molecule has 0 saturated carbocycles. The number of ether oxygens (including phenoxy) is 2. The molecule has 0 fully saturated rings. The van der Waals surface area contributed by atoms with Crippen molar-refractivity contribution in [1.29, 1.82) is 0 Å². The van der Waals surface area contributed by atoms with Crippen LogP contribution in [0.4, 0.5) is 4.39 Å². The van der Waals surface area contributed by atoms with Crippen LogP contribution in [0.25, 0.3) is 0 Å². The predicted molar refractivity (Wildman–Crippen MR) is 77.0 cm³/mol. The Morgan fingerprint density at radius 1 is 1.00 bits per heavy atom. The summed E-state index contributed by atoms with van der Waals surface area (Å²) in [6.45, 7) is 1.23. The second-order valence-electron chi connectivity index (χ2n) is 4.63. The zero-order chi connectivity index (χ0) is 14.4. The van der Waals surface area contributed by atoms with Crippen molar-refractivity contribution in [1.82, 2.24) is 4.90 Å². The van der Waals surface area contributed by atoms with Gasteiger partial charge in [-0.3, -0.25) is 0 Å². The summed E-state index contributed by atoms with van der Waals surface area (Å²) in [5.74, 6) is 0.680.